The van der Waals surface area contributed by atoms with E-state index in [0.29, 0.717) is 5.56 Å². The predicted octanol–water partition coefficient (Wildman–Crippen LogP) is 3.03. The third-order valence-electron chi connectivity index (χ3n) is 3.48. The molecule has 0 spiro atoms. The topological polar surface area (TPSA) is 53.6 Å². The lowest BCUT2D eigenvalue weighted by molar-refractivity contribution is 0.668. The van der Waals surface area contributed by atoms with Crippen molar-refractivity contribution < 1.29 is 0 Å². The molecule has 4 heteroatoms. The molecule has 0 saturated carbocycles. The van der Waals surface area contributed by atoms with Gasteiger partial charge in [-0.2, -0.15) is 5.26 Å². The molecule has 22 heavy (non-hydrogen) atoms. The normalized spacial score (nSPS) is 10.3. The van der Waals surface area contributed by atoms with Gasteiger partial charge in [0.1, 0.15) is 6.07 Å². The molecule has 0 atom stereocenters. The van der Waals surface area contributed by atoms with Crippen LogP contribution in [0.25, 0.3) is 5.69 Å². The largest absolute Gasteiger partial charge is 0.318 e. The van der Waals surface area contributed by atoms with Crippen LogP contribution >= 0.6 is 0 Å². The molecule has 3 rings (SSSR count). The number of hydrogen-bond donors (Lipinski definition) is 1. The summed E-state index contributed by atoms with van der Waals surface area (Å²) in [5.74, 6) is 0. The Kier molecular flexibility index (Phi) is 4.28. The summed E-state index contributed by atoms with van der Waals surface area (Å²) in [6, 6.07) is 17.9. The van der Waals surface area contributed by atoms with Crippen LogP contribution in [0.1, 0.15) is 16.8 Å². The van der Waals surface area contributed by atoms with E-state index in [0.717, 1.165) is 30.0 Å². The second kappa shape index (κ2) is 6.70. The molecular formula is C18H16N4. The van der Waals surface area contributed by atoms with E-state index in [-0.39, 0.29) is 0 Å². The number of para-hydroxylation sites is 1. The van der Waals surface area contributed by atoms with Crippen molar-refractivity contribution in [2.45, 2.75) is 13.1 Å². The minimum atomic E-state index is 0.673. The standard InChI is InChI=1S/C18H16N4/c19-11-16-6-1-2-8-18(16)22-10-4-7-17(22)14-21-13-15-5-3-9-20-12-15/h1-10,12,21H,13-14H2. The number of nitriles is 1. The van der Waals surface area contributed by atoms with Crippen molar-refractivity contribution >= 4 is 0 Å². The van der Waals surface area contributed by atoms with Gasteiger partial charge in [0.2, 0.25) is 0 Å². The molecule has 1 aromatic carbocycles. The third-order valence-corrected chi connectivity index (χ3v) is 3.48. The van der Waals surface area contributed by atoms with Gasteiger partial charge >= 0.3 is 0 Å². The van der Waals surface area contributed by atoms with E-state index in [1.165, 1.54) is 0 Å². The first-order valence-electron chi connectivity index (χ1n) is 7.14. The van der Waals surface area contributed by atoms with Crippen molar-refractivity contribution in [1.82, 2.24) is 14.9 Å². The molecule has 2 aromatic heterocycles. The highest BCUT2D eigenvalue weighted by Crippen LogP contribution is 2.17. The minimum absolute atomic E-state index is 0.673. The summed E-state index contributed by atoms with van der Waals surface area (Å²) >= 11 is 0. The third kappa shape index (κ3) is 3.05. The zero-order chi connectivity index (χ0) is 15.2. The van der Waals surface area contributed by atoms with Gasteiger partial charge in [0.05, 0.1) is 11.3 Å². The van der Waals surface area contributed by atoms with Gasteiger partial charge < -0.3 is 9.88 Å². The van der Waals surface area contributed by atoms with Gasteiger partial charge in [-0.1, -0.05) is 18.2 Å². The molecule has 0 amide bonds. The molecular weight excluding hydrogens is 272 g/mol. The maximum Gasteiger partial charge on any atom is 0.101 e. The van der Waals surface area contributed by atoms with Gasteiger partial charge in [0.25, 0.3) is 0 Å². The van der Waals surface area contributed by atoms with Crippen LogP contribution < -0.4 is 5.32 Å². The maximum atomic E-state index is 9.25. The summed E-state index contributed by atoms with van der Waals surface area (Å²) < 4.78 is 2.05. The first kappa shape index (κ1) is 14.1. The monoisotopic (exact) mass is 288 g/mol. The number of hydrogen-bond acceptors (Lipinski definition) is 3. The van der Waals surface area contributed by atoms with Crippen molar-refractivity contribution in [3.63, 3.8) is 0 Å². The van der Waals surface area contributed by atoms with E-state index in [2.05, 4.69) is 27.0 Å². The van der Waals surface area contributed by atoms with E-state index < -0.39 is 0 Å². The number of benzene rings is 1. The van der Waals surface area contributed by atoms with Crippen LogP contribution in [0.4, 0.5) is 0 Å². The van der Waals surface area contributed by atoms with E-state index in [9.17, 15) is 5.26 Å². The molecule has 0 aliphatic heterocycles. The van der Waals surface area contributed by atoms with Crippen molar-refractivity contribution in [2.75, 3.05) is 0 Å². The van der Waals surface area contributed by atoms with Crippen molar-refractivity contribution in [1.29, 1.82) is 5.26 Å². The highest BCUT2D eigenvalue weighted by molar-refractivity contribution is 5.49. The molecule has 108 valence electrons. The Balaban J connectivity index is 1.74. The summed E-state index contributed by atoms with van der Waals surface area (Å²) in [4.78, 5) is 4.11. The van der Waals surface area contributed by atoms with Crippen LogP contribution in [-0.4, -0.2) is 9.55 Å². The number of nitrogens with zero attached hydrogens (tertiary/aromatic N) is 3. The Labute approximate surface area is 129 Å². The first-order valence-corrected chi connectivity index (χ1v) is 7.14. The van der Waals surface area contributed by atoms with Crippen LogP contribution in [0.3, 0.4) is 0 Å². The zero-order valence-electron chi connectivity index (χ0n) is 12.1. The summed E-state index contributed by atoms with van der Waals surface area (Å²) in [7, 11) is 0. The van der Waals surface area contributed by atoms with Crippen molar-refractivity contribution in [3.05, 3.63) is 83.9 Å². The van der Waals surface area contributed by atoms with Gasteiger partial charge in [-0.3, -0.25) is 4.98 Å². The van der Waals surface area contributed by atoms with Gasteiger partial charge in [0, 0.05) is 37.4 Å². The number of rotatable bonds is 5. The summed E-state index contributed by atoms with van der Waals surface area (Å²) in [5, 5.41) is 12.7. The second-order valence-corrected chi connectivity index (χ2v) is 4.96. The fourth-order valence-electron chi connectivity index (χ4n) is 2.41. The average Bonchev–Trinajstić information content (AvgIpc) is 3.04. The molecule has 0 radical (unpaired) electrons. The number of nitrogens with one attached hydrogen (secondary N) is 1. The molecule has 0 unspecified atom stereocenters. The van der Waals surface area contributed by atoms with Crippen LogP contribution in [-0.2, 0) is 13.1 Å². The Bertz CT molecular complexity index is 784. The first-order chi connectivity index (χ1) is 10.9. The van der Waals surface area contributed by atoms with E-state index in [4.69, 9.17) is 0 Å². The fourth-order valence-corrected chi connectivity index (χ4v) is 2.41. The maximum absolute atomic E-state index is 9.25. The van der Waals surface area contributed by atoms with Gasteiger partial charge in [-0.05, 0) is 35.9 Å². The number of pyridine rings is 1. The minimum Gasteiger partial charge on any atom is -0.318 e. The van der Waals surface area contributed by atoms with Crippen LogP contribution in [0.15, 0.2) is 67.1 Å². The van der Waals surface area contributed by atoms with Crippen LogP contribution in [0.2, 0.25) is 0 Å². The fraction of sp³-hybridized carbons (Fsp3) is 0.111. The molecule has 0 aliphatic carbocycles. The zero-order valence-corrected chi connectivity index (χ0v) is 12.1. The smallest absolute Gasteiger partial charge is 0.101 e. The summed E-state index contributed by atoms with van der Waals surface area (Å²) in [5.41, 5.74) is 3.85. The van der Waals surface area contributed by atoms with Crippen LogP contribution in [0.5, 0.6) is 0 Å². The van der Waals surface area contributed by atoms with E-state index in [1.54, 1.807) is 6.20 Å². The van der Waals surface area contributed by atoms with Gasteiger partial charge in [-0.25, -0.2) is 0 Å². The highest BCUT2D eigenvalue weighted by atomic mass is 15.0. The lowest BCUT2D eigenvalue weighted by atomic mass is 10.2. The molecule has 1 N–H and O–H groups in total. The van der Waals surface area contributed by atoms with Crippen molar-refractivity contribution in [2.24, 2.45) is 0 Å². The molecule has 0 saturated heterocycles. The quantitative estimate of drug-likeness (QED) is 0.785. The predicted molar refractivity (Wildman–Crippen MR) is 85.3 cm³/mol. The summed E-state index contributed by atoms with van der Waals surface area (Å²) in [6.07, 6.45) is 5.61. The molecule has 2 heterocycles. The van der Waals surface area contributed by atoms with E-state index in [1.807, 2.05) is 54.9 Å². The van der Waals surface area contributed by atoms with Gasteiger partial charge in [0.15, 0.2) is 0 Å². The molecule has 0 fully saturated rings. The lowest BCUT2D eigenvalue weighted by Crippen LogP contribution is -2.15. The lowest BCUT2D eigenvalue weighted by Gasteiger charge is -2.11. The SMILES string of the molecule is N#Cc1ccccc1-n1cccc1CNCc1cccnc1. The summed E-state index contributed by atoms with van der Waals surface area (Å²) in [6.45, 7) is 1.49. The molecule has 0 aliphatic rings. The Hall–Kier alpha value is -2.90. The van der Waals surface area contributed by atoms with Gasteiger partial charge in [-0.15, -0.1) is 0 Å². The second-order valence-electron chi connectivity index (χ2n) is 4.96. The Morgan fingerprint density at radius 1 is 1.05 bits per heavy atom. The average molecular weight is 288 g/mol. The molecule has 3 aromatic rings. The van der Waals surface area contributed by atoms with Crippen LogP contribution in [0, 0.1) is 11.3 Å². The molecule has 4 nitrogen and oxygen atoms in total. The molecule has 0 bridgehead atoms. The number of aromatic nitrogens is 2. The van der Waals surface area contributed by atoms with Crippen molar-refractivity contribution in [3.8, 4) is 11.8 Å². The highest BCUT2D eigenvalue weighted by Gasteiger charge is 2.07. The Morgan fingerprint density at radius 3 is 2.77 bits per heavy atom. The van der Waals surface area contributed by atoms with E-state index >= 15 is 0 Å². The Morgan fingerprint density at radius 2 is 1.95 bits per heavy atom.